The lowest BCUT2D eigenvalue weighted by Crippen LogP contribution is -2.39. The standard InChI is InChI=1S/C27H26N2O3S/c1-5-15-32-26(31)23-18(4)28-27-29(24(23)21-9-7-6-8-10-21)25(30)22(33-27)16-19-11-13-20(14-12-19)17(2)3/h5-14,16-17,24H,1,15H2,2-4H3/b22-16-/t24-/m0/s1. The van der Waals surface area contributed by atoms with Crippen molar-refractivity contribution in [3.63, 3.8) is 0 Å². The number of hydrogen-bond acceptors (Lipinski definition) is 5. The number of fused-ring (bicyclic) bond motifs is 1. The lowest BCUT2D eigenvalue weighted by molar-refractivity contribution is -0.138. The lowest BCUT2D eigenvalue weighted by Gasteiger charge is -2.24. The van der Waals surface area contributed by atoms with Crippen molar-refractivity contribution in [2.45, 2.75) is 32.7 Å². The molecule has 2 heterocycles. The molecule has 0 fully saturated rings. The zero-order chi connectivity index (χ0) is 23.5. The van der Waals surface area contributed by atoms with Gasteiger partial charge in [0.15, 0.2) is 4.80 Å². The molecule has 168 valence electrons. The molecule has 1 aliphatic rings. The Hall–Kier alpha value is -3.51. The van der Waals surface area contributed by atoms with Crippen LogP contribution < -0.4 is 14.9 Å². The van der Waals surface area contributed by atoms with Crippen LogP contribution in [0.5, 0.6) is 0 Å². The van der Waals surface area contributed by atoms with Crippen LogP contribution in [0.1, 0.15) is 49.4 Å². The fourth-order valence-electron chi connectivity index (χ4n) is 3.87. The maximum Gasteiger partial charge on any atom is 0.338 e. The van der Waals surface area contributed by atoms with Crippen molar-refractivity contribution in [3.05, 3.63) is 115 Å². The number of esters is 1. The van der Waals surface area contributed by atoms with Gasteiger partial charge in [-0.15, -0.1) is 0 Å². The monoisotopic (exact) mass is 458 g/mol. The Kier molecular flexibility index (Phi) is 6.56. The largest absolute Gasteiger partial charge is 0.458 e. The minimum atomic E-state index is -0.606. The summed E-state index contributed by atoms with van der Waals surface area (Å²) in [4.78, 5) is 31.7. The normalized spacial score (nSPS) is 15.9. The van der Waals surface area contributed by atoms with Gasteiger partial charge in [0, 0.05) is 0 Å². The quantitative estimate of drug-likeness (QED) is 0.413. The Labute approximate surface area is 196 Å². The van der Waals surface area contributed by atoms with Crippen LogP contribution in [0, 0.1) is 0 Å². The molecule has 0 spiro atoms. The first-order valence-electron chi connectivity index (χ1n) is 10.9. The Morgan fingerprint density at radius 3 is 2.52 bits per heavy atom. The molecule has 0 saturated carbocycles. The number of allylic oxidation sites excluding steroid dienone is 1. The van der Waals surface area contributed by atoms with Crippen LogP contribution in [0.4, 0.5) is 0 Å². The number of aromatic nitrogens is 1. The average Bonchev–Trinajstić information content (AvgIpc) is 3.11. The van der Waals surface area contributed by atoms with E-state index in [-0.39, 0.29) is 12.2 Å². The molecule has 0 N–H and O–H groups in total. The van der Waals surface area contributed by atoms with Crippen LogP contribution in [0.3, 0.4) is 0 Å². The van der Waals surface area contributed by atoms with E-state index in [4.69, 9.17) is 4.74 Å². The number of rotatable bonds is 6. The molecular formula is C27H26N2O3S. The molecule has 33 heavy (non-hydrogen) atoms. The predicted molar refractivity (Wildman–Crippen MR) is 132 cm³/mol. The molecule has 1 aliphatic heterocycles. The number of thiazole rings is 1. The zero-order valence-corrected chi connectivity index (χ0v) is 19.8. The predicted octanol–water partition coefficient (Wildman–Crippen LogP) is 4.09. The van der Waals surface area contributed by atoms with E-state index in [0.29, 0.717) is 26.5 Å². The van der Waals surface area contributed by atoms with Crippen LogP contribution >= 0.6 is 11.3 Å². The summed E-state index contributed by atoms with van der Waals surface area (Å²) in [7, 11) is 0. The lowest BCUT2D eigenvalue weighted by atomic mass is 9.96. The average molecular weight is 459 g/mol. The molecule has 0 radical (unpaired) electrons. The summed E-state index contributed by atoms with van der Waals surface area (Å²) >= 11 is 1.33. The van der Waals surface area contributed by atoms with Gasteiger partial charge in [-0.1, -0.05) is 92.4 Å². The van der Waals surface area contributed by atoms with Gasteiger partial charge in [0.1, 0.15) is 6.61 Å². The molecule has 1 atom stereocenters. The van der Waals surface area contributed by atoms with Gasteiger partial charge in [0.05, 0.1) is 21.8 Å². The molecule has 0 aliphatic carbocycles. The van der Waals surface area contributed by atoms with Crippen LogP contribution in [0.15, 0.2) is 88.3 Å². The van der Waals surface area contributed by atoms with Gasteiger partial charge in [-0.05, 0) is 35.6 Å². The van der Waals surface area contributed by atoms with E-state index >= 15 is 0 Å². The van der Waals surface area contributed by atoms with Crippen molar-refractivity contribution in [3.8, 4) is 0 Å². The highest BCUT2D eigenvalue weighted by molar-refractivity contribution is 7.07. The second-order valence-corrected chi connectivity index (χ2v) is 9.21. The summed E-state index contributed by atoms with van der Waals surface area (Å²) < 4.78 is 7.52. The maximum absolute atomic E-state index is 13.6. The SMILES string of the molecule is C=CCOC(=O)C1=C(C)N=c2s/c(=C\c3ccc(C(C)C)cc3)c(=O)n2[C@H]1c1ccccc1. The van der Waals surface area contributed by atoms with Gasteiger partial charge in [-0.2, -0.15) is 0 Å². The van der Waals surface area contributed by atoms with Crippen LogP contribution in [0.25, 0.3) is 6.08 Å². The van der Waals surface area contributed by atoms with E-state index in [1.54, 1.807) is 11.5 Å². The number of ether oxygens (including phenoxy) is 1. The summed E-state index contributed by atoms with van der Waals surface area (Å²) in [6.07, 6.45) is 3.40. The van der Waals surface area contributed by atoms with E-state index in [1.165, 1.54) is 23.0 Å². The first kappa shape index (κ1) is 22.7. The second kappa shape index (κ2) is 9.55. The first-order valence-corrected chi connectivity index (χ1v) is 11.7. The van der Waals surface area contributed by atoms with Crippen molar-refractivity contribution < 1.29 is 9.53 Å². The molecule has 2 aromatic carbocycles. The van der Waals surface area contributed by atoms with Crippen LogP contribution in [0.2, 0.25) is 0 Å². The summed E-state index contributed by atoms with van der Waals surface area (Å²) in [6, 6.07) is 17.1. The topological polar surface area (TPSA) is 60.7 Å². The van der Waals surface area contributed by atoms with Crippen LogP contribution in [-0.2, 0) is 9.53 Å². The molecule has 3 aromatic rings. The van der Waals surface area contributed by atoms with E-state index in [2.05, 4.69) is 37.6 Å². The van der Waals surface area contributed by atoms with E-state index < -0.39 is 12.0 Å². The number of carbonyl (C=O) groups is 1. The minimum Gasteiger partial charge on any atom is -0.458 e. The Balaban J connectivity index is 1.87. The van der Waals surface area contributed by atoms with Crippen molar-refractivity contribution >= 4 is 23.4 Å². The Bertz CT molecular complexity index is 1390. The molecule has 1 aromatic heterocycles. The molecule has 0 amide bonds. The number of carbonyl (C=O) groups excluding carboxylic acids is 1. The maximum atomic E-state index is 13.6. The summed E-state index contributed by atoms with van der Waals surface area (Å²) in [5.41, 5.74) is 3.75. The smallest absolute Gasteiger partial charge is 0.338 e. The molecule has 0 unspecified atom stereocenters. The summed E-state index contributed by atoms with van der Waals surface area (Å²) in [5.74, 6) is -0.0546. The molecule has 5 nitrogen and oxygen atoms in total. The highest BCUT2D eigenvalue weighted by atomic mass is 32.1. The minimum absolute atomic E-state index is 0.0912. The van der Waals surface area contributed by atoms with E-state index in [0.717, 1.165) is 11.1 Å². The second-order valence-electron chi connectivity index (χ2n) is 8.20. The molecule has 6 heteroatoms. The fraction of sp³-hybridized carbons (Fsp3) is 0.222. The van der Waals surface area contributed by atoms with Gasteiger partial charge >= 0.3 is 5.97 Å². The highest BCUT2D eigenvalue weighted by Crippen LogP contribution is 2.30. The third-order valence-electron chi connectivity index (χ3n) is 5.59. The number of nitrogens with zero attached hydrogens (tertiary/aromatic N) is 2. The third kappa shape index (κ3) is 4.52. The Morgan fingerprint density at radius 1 is 1.18 bits per heavy atom. The van der Waals surface area contributed by atoms with E-state index in [1.807, 2.05) is 48.5 Å². The summed E-state index contributed by atoms with van der Waals surface area (Å²) in [5, 5.41) is 0. The summed E-state index contributed by atoms with van der Waals surface area (Å²) in [6.45, 7) is 9.78. The van der Waals surface area contributed by atoms with E-state index in [9.17, 15) is 9.59 Å². The van der Waals surface area contributed by atoms with Gasteiger partial charge in [0.2, 0.25) is 0 Å². The number of hydrogen-bond donors (Lipinski definition) is 0. The van der Waals surface area contributed by atoms with Crippen molar-refractivity contribution in [1.82, 2.24) is 4.57 Å². The van der Waals surface area contributed by atoms with Gasteiger partial charge < -0.3 is 4.74 Å². The first-order chi connectivity index (χ1) is 15.9. The Morgan fingerprint density at radius 2 is 1.88 bits per heavy atom. The van der Waals surface area contributed by atoms with Gasteiger partial charge in [-0.25, -0.2) is 9.79 Å². The van der Waals surface area contributed by atoms with Crippen molar-refractivity contribution in [1.29, 1.82) is 0 Å². The third-order valence-corrected chi connectivity index (χ3v) is 6.57. The molecular weight excluding hydrogens is 432 g/mol. The van der Waals surface area contributed by atoms with Gasteiger partial charge in [-0.3, -0.25) is 9.36 Å². The number of benzene rings is 2. The molecule has 4 rings (SSSR count). The van der Waals surface area contributed by atoms with Crippen molar-refractivity contribution in [2.75, 3.05) is 6.61 Å². The zero-order valence-electron chi connectivity index (χ0n) is 18.9. The van der Waals surface area contributed by atoms with Gasteiger partial charge in [0.25, 0.3) is 5.56 Å². The van der Waals surface area contributed by atoms with Crippen molar-refractivity contribution in [2.24, 2.45) is 4.99 Å². The fourth-order valence-corrected chi connectivity index (χ4v) is 4.92. The van der Waals surface area contributed by atoms with Crippen LogP contribution in [-0.4, -0.2) is 17.1 Å². The molecule has 0 bridgehead atoms. The highest BCUT2D eigenvalue weighted by Gasteiger charge is 2.33. The molecule has 0 saturated heterocycles.